The molecule has 1 amide bonds. The van der Waals surface area contributed by atoms with Crippen LogP contribution in [0.5, 0.6) is 0 Å². The normalized spacial score (nSPS) is 19.0. The summed E-state index contributed by atoms with van der Waals surface area (Å²) >= 11 is 0. The van der Waals surface area contributed by atoms with Crippen LogP contribution in [0.3, 0.4) is 0 Å². The molecule has 1 aromatic heterocycles. The lowest BCUT2D eigenvalue weighted by molar-refractivity contribution is 0.0668. The van der Waals surface area contributed by atoms with Crippen LogP contribution in [-0.2, 0) is 10.0 Å². The maximum Gasteiger partial charge on any atom is 0.253 e. The van der Waals surface area contributed by atoms with Crippen molar-refractivity contribution in [1.82, 2.24) is 25.2 Å². The smallest absolute Gasteiger partial charge is 0.253 e. The van der Waals surface area contributed by atoms with Gasteiger partial charge in [0, 0.05) is 43.6 Å². The number of rotatable bonds is 5. The standard InChI is InChI=1S/C21H26N6O3S/c1-15(16-5-9-23-10-6-16)26-31(29,30)18-4-2-3-17(13-18)19(28)27-11-7-21(8-12-27)14-24-20(22)25-21/h2-6,9-10,13,15,26H,7-8,11-12,14H2,1H3,(H3,22,24,25). The molecule has 10 heteroatoms. The summed E-state index contributed by atoms with van der Waals surface area (Å²) in [7, 11) is -3.80. The number of carbonyl (C=O) groups is 1. The maximum absolute atomic E-state index is 13.0. The predicted octanol–water partition coefficient (Wildman–Crippen LogP) is 1.22. The molecule has 4 N–H and O–H groups in total. The number of piperidine rings is 1. The first-order valence-corrected chi connectivity index (χ1v) is 11.7. The number of benzene rings is 1. The summed E-state index contributed by atoms with van der Waals surface area (Å²) < 4.78 is 28.4. The van der Waals surface area contributed by atoms with Crippen LogP contribution in [0, 0.1) is 5.41 Å². The van der Waals surface area contributed by atoms with E-state index >= 15 is 0 Å². The summed E-state index contributed by atoms with van der Waals surface area (Å²) in [5.41, 5.74) is 0.975. The molecule has 1 atom stereocenters. The van der Waals surface area contributed by atoms with E-state index in [-0.39, 0.29) is 16.3 Å². The topological polar surface area (TPSA) is 127 Å². The third-order valence-corrected chi connectivity index (χ3v) is 7.47. The van der Waals surface area contributed by atoms with E-state index in [9.17, 15) is 13.2 Å². The van der Waals surface area contributed by atoms with Crippen LogP contribution in [0.2, 0.25) is 0 Å². The highest BCUT2D eigenvalue weighted by molar-refractivity contribution is 7.89. The van der Waals surface area contributed by atoms with Gasteiger partial charge in [-0.25, -0.2) is 13.1 Å². The zero-order valence-corrected chi connectivity index (χ0v) is 18.1. The largest absolute Gasteiger partial charge is 0.354 e. The number of likely N-dealkylation sites (tertiary alicyclic amines) is 1. The maximum atomic E-state index is 13.0. The second kappa shape index (κ2) is 8.27. The summed E-state index contributed by atoms with van der Waals surface area (Å²) in [5, 5.41) is 13.9. The number of pyridine rings is 1. The van der Waals surface area contributed by atoms with Gasteiger partial charge in [0.25, 0.3) is 5.91 Å². The summed E-state index contributed by atoms with van der Waals surface area (Å²) in [5.74, 6) is 0.140. The molecule has 3 heterocycles. The Morgan fingerprint density at radius 2 is 1.94 bits per heavy atom. The number of guanidine groups is 1. The predicted molar refractivity (Wildman–Crippen MR) is 116 cm³/mol. The number of carbonyl (C=O) groups excluding carboxylic acids is 1. The first-order valence-electron chi connectivity index (χ1n) is 10.2. The van der Waals surface area contributed by atoms with E-state index in [1.54, 1.807) is 48.5 Å². The minimum Gasteiger partial charge on any atom is -0.354 e. The molecule has 0 bridgehead atoms. The highest BCUT2D eigenvalue weighted by Crippen LogP contribution is 2.26. The molecular formula is C21H26N6O3S. The first kappa shape index (κ1) is 21.3. The highest BCUT2D eigenvalue weighted by atomic mass is 32.2. The van der Waals surface area contributed by atoms with Gasteiger partial charge in [0.1, 0.15) is 0 Å². The van der Waals surface area contributed by atoms with E-state index in [2.05, 4.69) is 20.3 Å². The van der Waals surface area contributed by atoms with E-state index in [4.69, 9.17) is 5.41 Å². The van der Waals surface area contributed by atoms with Gasteiger partial charge in [0.2, 0.25) is 10.0 Å². The fraction of sp³-hybridized carbons (Fsp3) is 0.381. The minimum absolute atomic E-state index is 0.0582. The lowest BCUT2D eigenvalue weighted by atomic mass is 9.88. The zero-order chi connectivity index (χ0) is 22.1. The molecule has 2 aliphatic rings. The van der Waals surface area contributed by atoms with Gasteiger partial charge in [-0.1, -0.05) is 6.07 Å². The van der Waals surface area contributed by atoms with Crippen molar-refractivity contribution < 1.29 is 13.2 Å². The van der Waals surface area contributed by atoms with Gasteiger partial charge in [0.15, 0.2) is 5.96 Å². The third kappa shape index (κ3) is 4.54. The van der Waals surface area contributed by atoms with Crippen molar-refractivity contribution in [3.8, 4) is 0 Å². The second-order valence-corrected chi connectivity index (χ2v) is 9.79. The number of hydrogen-bond donors (Lipinski definition) is 4. The average Bonchev–Trinajstić information content (AvgIpc) is 3.14. The van der Waals surface area contributed by atoms with Crippen molar-refractivity contribution in [1.29, 1.82) is 5.41 Å². The van der Waals surface area contributed by atoms with E-state index in [1.165, 1.54) is 12.1 Å². The van der Waals surface area contributed by atoms with Gasteiger partial charge in [-0.3, -0.25) is 15.2 Å². The van der Waals surface area contributed by atoms with E-state index in [0.717, 1.165) is 18.4 Å². The van der Waals surface area contributed by atoms with Crippen molar-refractivity contribution >= 4 is 21.9 Å². The fourth-order valence-electron chi connectivity index (χ4n) is 4.05. The molecule has 0 aliphatic carbocycles. The molecule has 1 spiro atoms. The lowest BCUT2D eigenvalue weighted by Gasteiger charge is -2.38. The van der Waals surface area contributed by atoms with Crippen molar-refractivity contribution in [2.24, 2.45) is 0 Å². The average molecular weight is 443 g/mol. The monoisotopic (exact) mass is 442 g/mol. The molecule has 4 rings (SSSR count). The molecule has 2 aromatic rings. The summed E-state index contributed by atoms with van der Waals surface area (Å²) in [6.45, 7) is 3.55. The Morgan fingerprint density at radius 1 is 1.23 bits per heavy atom. The number of nitrogens with zero attached hydrogens (tertiary/aromatic N) is 2. The molecule has 0 saturated carbocycles. The number of amides is 1. The quantitative estimate of drug-likeness (QED) is 0.551. The molecule has 1 unspecified atom stereocenters. The molecular weight excluding hydrogens is 416 g/mol. The molecule has 164 valence electrons. The van der Waals surface area contributed by atoms with Crippen molar-refractivity contribution in [2.75, 3.05) is 19.6 Å². The Morgan fingerprint density at radius 3 is 2.58 bits per heavy atom. The van der Waals surface area contributed by atoms with Crippen molar-refractivity contribution in [3.05, 3.63) is 59.9 Å². The second-order valence-electron chi connectivity index (χ2n) is 8.08. The number of sulfonamides is 1. The molecule has 9 nitrogen and oxygen atoms in total. The van der Waals surface area contributed by atoms with Crippen LogP contribution in [0.25, 0.3) is 0 Å². The fourth-order valence-corrected chi connectivity index (χ4v) is 5.33. The van der Waals surface area contributed by atoms with E-state index in [1.807, 2.05) is 0 Å². The molecule has 31 heavy (non-hydrogen) atoms. The van der Waals surface area contributed by atoms with E-state index in [0.29, 0.717) is 31.2 Å². The number of nitrogens with one attached hydrogen (secondary N) is 4. The van der Waals surface area contributed by atoms with Crippen LogP contribution < -0.4 is 15.4 Å². The molecule has 0 radical (unpaired) electrons. The van der Waals surface area contributed by atoms with Crippen molar-refractivity contribution in [3.63, 3.8) is 0 Å². The van der Waals surface area contributed by atoms with Gasteiger partial charge in [-0.15, -0.1) is 0 Å². The molecule has 2 fully saturated rings. The van der Waals surface area contributed by atoms with Crippen molar-refractivity contribution in [2.45, 2.75) is 36.2 Å². The Balaban J connectivity index is 1.45. The van der Waals surface area contributed by atoms with Crippen LogP contribution in [0.15, 0.2) is 53.7 Å². The highest BCUT2D eigenvalue weighted by Gasteiger charge is 2.40. The number of hydrogen-bond acceptors (Lipinski definition) is 5. The Kier molecular flexibility index (Phi) is 5.67. The van der Waals surface area contributed by atoms with Crippen LogP contribution in [0.4, 0.5) is 0 Å². The summed E-state index contributed by atoms with van der Waals surface area (Å²) in [6, 6.07) is 9.23. The summed E-state index contributed by atoms with van der Waals surface area (Å²) in [6.07, 6.45) is 4.69. The third-order valence-electron chi connectivity index (χ3n) is 5.93. The van der Waals surface area contributed by atoms with Gasteiger partial charge in [-0.2, -0.15) is 0 Å². The van der Waals surface area contributed by atoms with E-state index < -0.39 is 16.1 Å². The Hall–Kier alpha value is -2.98. The summed E-state index contributed by atoms with van der Waals surface area (Å²) in [4.78, 5) is 18.8. The molecule has 1 aromatic carbocycles. The molecule has 2 aliphatic heterocycles. The zero-order valence-electron chi connectivity index (χ0n) is 17.3. The van der Waals surface area contributed by atoms with Gasteiger partial charge in [0.05, 0.1) is 10.4 Å². The lowest BCUT2D eigenvalue weighted by Crippen LogP contribution is -2.53. The van der Waals surface area contributed by atoms with Crippen LogP contribution >= 0.6 is 0 Å². The Labute approximate surface area is 181 Å². The van der Waals surface area contributed by atoms with Crippen LogP contribution in [-0.4, -0.2) is 55.3 Å². The van der Waals surface area contributed by atoms with Gasteiger partial charge < -0.3 is 15.5 Å². The van der Waals surface area contributed by atoms with Gasteiger partial charge >= 0.3 is 0 Å². The van der Waals surface area contributed by atoms with Gasteiger partial charge in [-0.05, 0) is 55.7 Å². The first-order chi connectivity index (χ1) is 14.8. The Bertz CT molecular complexity index is 1080. The van der Waals surface area contributed by atoms with Crippen LogP contribution in [0.1, 0.15) is 41.7 Å². The SMILES string of the molecule is CC(NS(=O)(=O)c1cccc(C(=O)N2CCC3(CC2)CNC(=N)N3)c1)c1ccncc1. The number of aromatic nitrogens is 1. The molecule has 2 saturated heterocycles. The minimum atomic E-state index is -3.80.